The Hall–Kier alpha value is -1.99. The fourth-order valence-corrected chi connectivity index (χ4v) is 2.33. The number of urea groups is 1. The first-order valence-electron chi connectivity index (χ1n) is 7.14. The maximum absolute atomic E-state index is 12.0. The summed E-state index contributed by atoms with van der Waals surface area (Å²) in [5.41, 5.74) is -0.410. The summed E-state index contributed by atoms with van der Waals surface area (Å²) in [6, 6.07) is 4.80. The number of nitrogens with one attached hydrogen (secondary N) is 2. The number of ether oxygens (including phenoxy) is 3. The highest BCUT2D eigenvalue weighted by atomic mass is 16.5. The maximum atomic E-state index is 12.0. The molecule has 22 heavy (non-hydrogen) atoms. The molecule has 2 amide bonds. The summed E-state index contributed by atoms with van der Waals surface area (Å²) < 4.78 is 15.6. The summed E-state index contributed by atoms with van der Waals surface area (Å²) in [7, 11) is 3.04. The number of para-hydroxylation sites is 1. The van der Waals surface area contributed by atoms with Gasteiger partial charge < -0.3 is 30.0 Å². The topological polar surface area (TPSA) is 89.1 Å². The second-order valence-electron chi connectivity index (χ2n) is 5.19. The SMILES string of the molecule is COc1cccc(NC(=O)NCC2(O)CCOCC2)c1OC. The first-order valence-corrected chi connectivity index (χ1v) is 7.14. The van der Waals surface area contributed by atoms with Crippen LogP contribution >= 0.6 is 0 Å². The number of benzene rings is 1. The van der Waals surface area contributed by atoms with Crippen LogP contribution in [0, 0.1) is 0 Å². The molecule has 7 nitrogen and oxygen atoms in total. The second-order valence-corrected chi connectivity index (χ2v) is 5.19. The molecule has 2 rings (SSSR count). The summed E-state index contributed by atoms with van der Waals surface area (Å²) in [6.07, 6.45) is 1.02. The van der Waals surface area contributed by atoms with E-state index in [0.29, 0.717) is 43.2 Å². The van der Waals surface area contributed by atoms with E-state index in [-0.39, 0.29) is 6.54 Å². The van der Waals surface area contributed by atoms with Crippen molar-refractivity contribution in [2.24, 2.45) is 0 Å². The van der Waals surface area contributed by atoms with Gasteiger partial charge in [-0.25, -0.2) is 4.79 Å². The predicted molar refractivity (Wildman–Crippen MR) is 81.6 cm³/mol. The highest BCUT2D eigenvalue weighted by Gasteiger charge is 2.30. The first-order chi connectivity index (χ1) is 10.6. The van der Waals surface area contributed by atoms with Crippen molar-refractivity contribution >= 4 is 11.7 Å². The number of hydrogen-bond acceptors (Lipinski definition) is 5. The third kappa shape index (κ3) is 4.02. The van der Waals surface area contributed by atoms with Crippen molar-refractivity contribution in [3.63, 3.8) is 0 Å². The quantitative estimate of drug-likeness (QED) is 0.764. The van der Waals surface area contributed by atoms with E-state index in [4.69, 9.17) is 14.2 Å². The van der Waals surface area contributed by atoms with Crippen LogP contribution in [0.25, 0.3) is 0 Å². The van der Waals surface area contributed by atoms with Gasteiger partial charge in [-0.15, -0.1) is 0 Å². The Morgan fingerprint density at radius 2 is 2.05 bits per heavy atom. The number of carbonyl (C=O) groups is 1. The Morgan fingerprint density at radius 1 is 1.32 bits per heavy atom. The van der Waals surface area contributed by atoms with Gasteiger partial charge in [0.1, 0.15) is 0 Å². The van der Waals surface area contributed by atoms with Crippen LogP contribution in [0.15, 0.2) is 18.2 Å². The molecule has 0 unspecified atom stereocenters. The summed E-state index contributed by atoms with van der Waals surface area (Å²) >= 11 is 0. The van der Waals surface area contributed by atoms with Crippen LogP contribution < -0.4 is 20.1 Å². The summed E-state index contributed by atoms with van der Waals surface area (Å²) in [4.78, 5) is 12.0. The molecule has 1 aliphatic rings. The summed E-state index contributed by atoms with van der Waals surface area (Å²) in [6.45, 7) is 1.18. The maximum Gasteiger partial charge on any atom is 0.319 e. The molecule has 0 radical (unpaired) electrons. The monoisotopic (exact) mass is 310 g/mol. The molecule has 1 aliphatic heterocycles. The molecule has 3 N–H and O–H groups in total. The van der Waals surface area contributed by atoms with Gasteiger partial charge in [0.2, 0.25) is 0 Å². The third-order valence-corrected chi connectivity index (χ3v) is 3.65. The number of amides is 2. The number of carbonyl (C=O) groups excluding carboxylic acids is 1. The molecule has 0 aliphatic carbocycles. The largest absolute Gasteiger partial charge is 0.493 e. The minimum Gasteiger partial charge on any atom is -0.493 e. The zero-order valence-electron chi connectivity index (χ0n) is 12.8. The van der Waals surface area contributed by atoms with Crippen molar-refractivity contribution < 1.29 is 24.1 Å². The van der Waals surface area contributed by atoms with Crippen LogP contribution in [-0.4, -0.2) is 50.7 Å². The van der Waals surface area contributed by atoms with Crippen LogP contribution in [0.5, 0.6) is 11.5 Å². The molecule has 1 aromatic rings. The summed E-state index contributed by atoms with van der Waals surface area (Å²) in [5, 5.41) is 15.7. The molecule has 1 aromatic carbocycles. The zero-order chi connectivity index (χ0) is 16.0. The molecule has 0 spiro atoms. The van der Waals surface area contributed by atoms with Gasteiger partial charge >= 0.3 is 6.03 Å². The lowest BCUT2D eigenvalue weighted by Gasteiger charge is -2.32. The van der Waals surface area contributed by atoms with Gasteiger partial charge in [-0.3, -0.25) is 0 Å². The molecule has 0 atom stereocenters. The molecule has 0 bridgehead atoms. The van der Waals surface area contributed by atoms with Crippen molar-refractivity contribution in [2.75, 3.05) is 39.3 Å². The lowest BCUT2D eigenvalue weighted by molar-refractivity contribution is -0.0598. The van der Waals surface area contributed by atoms with Crippen LogP contribution in [-0.2, 0) is 4.74 Å². The molecule has 1 heterocycles. The third-order valence-electron chi connectivity index (χ3n) is 3.65. The average Bonchev–Trinajstić information content (AvgIpc) is 2.53. The predicted octanol–water partition coefficient (Wildman–Crippen LogP) is 1.37. The molecule has 7 heteroatoms. The summed E-state index contributed by atoms with van der Waals surface area (Å²) in [5.74, 6) is 0.980. The van der Waals surface area contributed by atoms with Crippen LogP contribution in [0.2, 0.25) is 0 Å². The van der Waals surface area contributed by atoms with Gasteiger partial charge in [-0.1, -0.05) is 6.07 Å². The van der Waals surface area contributed by atoms with Crippen LogP contribution in [0.3, 0.4) is 0 Å². The van der Waals surface area contributed by atoms with Gasteiger partial charge in [0, 0.05) is 32.6 Å². The van der Waals surface area contributed by atoms with E-state index in [0.717, 1.165) is 0 Å². The Morgan fingerprint density at radius 3 is 2.68 bits per heavy atom. The van der Waals surface area contributed by atoms with Crippen molar-refractivity contribution in [3.8, 4) is 11.5 Å². The van der Waals surface area contributed by atoms with E-state index < -0.39 is 11.6 Å². The number of rotatable bonds is 5. The highest BCUT2D eigenvalue weighted by molar-refractivity contribution is 5.91. The van der Waals surface area contributed by atoms with Crippen molar-refractivity contribution in [2.45, 2.75) is 18.4 Å². The fraction of sp³-hybridized carbons (Fsp3) is 0.533. The molecular formula is C15H22N2O5. The van der Waals surface area contributed by atoms with Gasteiger partial charge in [0.05, 0.1) is 25.5 Å². The molecular weight excluding hydrogens is 288 g/mol. The normalized spacial score (nSPS) is 16.7. The van der Waals surface area contributed by atoms with Crippen LogP contribution in [0.1, 0.15) is 12.8 Å². The molecule has 1 saturated heterocycles. The Balaban J connectivity index is 1.94. The number of methoxy groups -OCH3 is 2. The molecule has 0 saturated carbocycles. The van der Waals surface area contributed by atoms with E-state index in [9.17, 15) is 9.90 Å². The van der Waals surface area contributed by atoms with E-state index in [2.05, 4.69) is 10.6 Å². The molecule has 122 valence electrons. The Bertz CT molecular complexity index is 515. The van der Waals surface area contributed by atoms with E-state index in [1.165, 1.54) is 14.2 Å². The van der Waals surface area contributed by atoms with Crippen molar-refractivity contribution in [1.29, 1.82) is 0 Å². The van der Waals surface area contributed by atoms with Gasteiger partial charge in [-0.05, 0) is 12.1 Å². The van der Waals surface area contributed by atoms with Gasteiger partial charge in [0.15, 0.2) is 11.5 Å². The number of anilines is 1. The highest BCUT2D eigenvalue weighted by Crippen LogP contribution is 2.34. The fourth-order valence-electron chi connectivity index (χ4n) is 2.33. The molecule has 0 aromatic heterocycles. The Kier molecular flexibility index (Phi) is 5.46. The zero-order valence-corrected chi connectivity index (χ0v) is 12.8. The first kappa shape index (κ1) is 16.4. The number of hydrogen-bond donors (Lipinski definition) is 3. The average molecular weight is 310 g/mol. The minimum absolute atomic E-state index is 0.175. The lowest BCUT2D eigenvalue weighted by Crippen LogP contribution is -2.47. The minimum atomic E-state index is -0.909. The standard InChI is InChI=1S/C15H22N2O5/c1-20-12-5-3-4-11(13(12)21-2)17-14(18)16-10-15(19)6-8-22-9-7-15/h3-5,19H,6-10H2,1-2H3,(H2,16,17,18). The van der Waals surface area contributed by atoms with Crippen molar-refractivity contribution in [3.05, 3.63) is 18.2 Å². The Labute approximate surface area is 129 Å². The molecule has 1 fully saturated rings. The van der Waals surface area contributed by atoms with E-state index >= 15 is 0 Å². The van der Waals surface area contributed by atoms with Crippen molar-refractivity contribution in [1.82, 2.24) is 5.32 Å². The lowest BCUT2D eigenvalue weighted by atomic mass is 9.94. The number of aliphatic hydroxyl groups is 1. The van der Waals surface area contributed by atoms with Gasteiger partial charge in [0.25, 0.3) is 0 Å². The van der Waals surface area contributed by atoms with Crippen LogP contribution in [0.4, 0.5) is 10.5 Å². The van der Waals surface area contributed by atoms with E-state index in [1.54, 1.807) is 18.2 Å². The van der Waals surface area contributed by atoms with E-state index in [1.807, 2.05) is 0 Å². The smallest absolute Gasteiger partial charge is 0.319 e. The second kappa shape index (κ2) is 7.33. The van der Waals surface area contributed by atoms with Gasteiger partial charge in [-0.2, -0.15) is 0 Å².